The first-order valence-electron chi connectivity index (χ1n) is 12.5. The fourth-order valence-corrected chi connectivity index (χ4v) is 5.03. The van der Waals surface area contributed by atoms with Gasteiger partial charge in [0.2, 0.25) is 6.79 Å². The van der Waals surface area contributed by atoms with Crippen LogP contribution < -0.4 is 29.0 Å². The van der Waals surface area contributed by atoms with E-state index in [2.05, 4.69) is 47.8 Å². The van der Waals surface area contributed by atoms with Crippen LogP contribution in [-0.2, 0) is 6.61 Å². The van der Waals surface area contributed by atoms with Gasteiger partial charge in [0, 0.05) is 11.6 Å². The molecular weight excluding hydrogens is 466 g/mol. The van der Waals surface area contributed by atoms with Crippen LogP contribution in [0, 0.1) is 0 Å². The highest BCUT2D eigenvalue weighted by molar-refractivity contribution is 5.56. The van der Waals surface area contributed by atoms with Gasteiger partial charge < -0.3 is 23.7 Å². The molecule has 6 heteroatoms. The predicted molar refractivity (Wildman–Crippen MR) is 141 cm³/mol. The molecule has 0 unspecified atom stereocenters. The van der Waals surface area contributed by atoms with E-state index in [1.54, 1.807) is 7.11 Å². The van der Waals surface area contributed by atoms with E-state index >= 15 is 0 Å². The molecule has 1 N–H and O–H groups in total. The Kier molecular flexibility index (Phi) is 6.33. The van der Waals surface area contributed by atoms with Gasteiger partial charge in [-0.25, -0.2) is 0 Å². The molecule has 2 atom stereocenters. The minimum atomic E-state index is -0.109. The van der Waals surface area contributed by atoms with Crippen molar-refractivity contribution in [2.75, 3.05) is 20.5 Å². The van der Waals surface area contributed by atoms with Crippen LogP contribution in [0.2, 0.25) is 0 Å². The van der Waals surface area contributed by atoms with Crippen molar-refractivity contribution < 1.29 is 23.7 Å². The van der Waals surface area contributed by atoms with Crippen molar-refractivity contribution in [3.05, 3.63) is 113 Å². The molecule has 6 rings (SSSR count). The second kappa shape index (κ2) is 10.1. The molecule has 2 aliphatic heterocycles. The van der Waals surface area contributed by atoms with E-state index in [1.165, 1.54) is 5.56 Å². The van der Waals surface area contributed by atoms with Gasteiger partial charge in [0.15, 0.2) is 11.5 Å². The summed E-state index contributed by atoms with van der Waals surface area (Å²) in [5, 5.41) is 3.85. The molecule has 0 bridgehead atoms. The van der Waals surface area contributed by atoms with E-state index in [9.17, 15) is 0 Å². The molecule has 0 fully saturated rings. The highest BCUT2D eigenvalue weighted by Crippen LogP contribution is 2.46. The van der Waals surface area contributed by atoms with Gasteiger partial charge in [-0.2, -0.15) is 0 Å². The van der Waals surface area contributed by atoms with E-state index in [1.807, 2.05) is 49.4 Å². The molecule has 2 heterocycles. The number of nitrogens with one attached hydrogen (secondary N) is 1. The summed E-state index contributed by atoms with van der Waals surface area (Å²) >= 11 is 0. The minimum absolute atomic E-state index is 0.0331. The fraction of sp³-hybridized carbons (Fsp3) is 0.226. The van der Waals surface area contributed by atoms with Gasteiger partial charge >= 0.3 is 0 Å². The van der Waals surface area contributed by atoms with Crippen LogP contribution in [0.5, 0.6) is 28.7 Å². The zero-order valence-electron chi connectivity index (χ0n) is 20.9. The topological polar surface area (TPSA) is 58.2 Å². The Morgan fingerprint density at radius 1 is 0.757 bits per heavy atom. The second-order valence-electron chi connectivity index (χ2n) is 9.05. The Balaban J connectivity index is 1.40. The summed E-state index contributed by atoms with van der Waals surface area (Å²) in [5.41, 5.74) is 5.60. The highest BCUT2D eigenvalue weighted by atomic mass is 16.7. The van der Waals surface area contributed by atoms with Crippen molar-refractivity contribution in [3.63, 3.8) is 0 Å². The molecule has 0 aromatic heterocycles. The molecule has 188 valence electrons. The van der Waals surface area contributed by atoms with Crippen LogP contribution in [0.15, 0.2) is 84.9 Å². The van der Waals surface area contributed by atoms with E-state index in [4.69, 9.17) is 23.7 Å². The summed E-state index contributed by atoms with van der Waals surface area (Å²) in [6.07, 6.45) is 0. The van der Waals surface area contributed by atoms with Crippen LogP contribution in [0.25, 0.3) is 0 Å². The van der Waals surface area contributed by atoms with Crippen molar-refractivity contribution in [2.45, 2.75) is 25.6 Å². The lowest BCUT2D eigenvalue weighted by atomic mass is 9.94. The molecule has 4 aromatic rings. The SMILES string of the molecule is CCOc1ccc2c(c1)[C@@H](c1ccc(OC)cc1OCc1ccccc1)N[C@@H]2c1ccc2c(c1)OCO2. The molecular formula is C31H29NO5. The Bertz CT molecular complexity index is 1400. The van der Waals surface area contributed by atoms with Crippen LogP contribution in [0.3, 0.4) is 0 Å². The third-order valence-electron chi connectivity index (χ3n) is 6.82. The van der Waals surface area contributed by atoms with Crippen LogP contribution in [0.4, 0.5) is 0 Å². The first-order valence-corrected chi connectivity index (χ1v) is 12.5. The number of methoxy groups -OCH3 is 1. The maximum absolute atomic E-state index is 6.38. The van der Waals surface area contributed by atoms with Gasteiger partial charge in [-0.1, -0.05) is 42.5 Å². The Hall–Kier alpha value is -4.16. The maximum Gasteiger partial charge on any atom is 0.231 e. The zero-order chi connectivity index (χ0) is 25.2. The Labute approximate surface area is 216 Å². The number of ether oxygens (including phenoxy) is 5. The predicted octanol–water partition coefficient (Wildman–Crippen LogP) is 6.18. The molecule has 0 amide bonds. The summed E-state index contributed by atoms with van der Waals surface area (Å²) in [6.45, 7) is 3.32. The Morgan fingerprint density at radius 2 is 1.57 bits per heavy atom. The van der Waals surface area contributed by atoms with E-state index in [0.717, 1.165) is 51.0 Å². The van der Waals surface area contributed by atoms with Crippen molar-refractivity contribution >= 4 is 0 Å². The molecule has 0 saturated carbocycles. The third kappa shape index (κ3) is 4.56. The van der Waals surface area contributed by atoms with Gasteiger partial charge in [0.05, 0.1) is 25.8 Å². The number of benzene rings is 4. The lowest BCUT2D eigenvalue weighted by Crippen LogP contribution is -2.20. The summed E-state index contributed by atoms with van der Waals surface area (Å²) in [4.78, 5) is 0. The average Bonchev–Trinajstić information content (AvgIpc) is 3.56. The summed E-state index contributed by atoms with van der Waals surface area (Å²) in [6, 6.07) is 28.5. The first kappa shape index (κ1) is 23.3. The average molecular weight is 496 g/mol. The maximum atomic E-state index is 6.38. The molecule has 6 nitrogen and oxygen atoms in total. The monoisotopic (exact) mass is 495 g/mol. The molecule has 4 aromatic carbocycles. The van der Waals surface area contributed by atoms with Crippen molar-refractivity contribution in [2.24, 2.45) is 0 Å². The highest BCUT2D eigenvalue weighted by Gasteiger charge is 2.35. The zero-order valence-corrected chi connectivity index (χ0v) is 20.9. The summed E-state index contributed by atoms with van der Waals surface area (Å²) in [7, 11) is 1.67. The van der Waals surface area contributed by atoms with Crippen LogP contribution in [-0.4, -0.2) is 20.5 Å². The molecule has 0 aliphatic carbocycles. The van der Waals surface area contributed by atoms with E-state index < -0.39 is 0 Å². The van der Waals surface area contributed by atoms with E-state index in [0.29, 0.717) is 13.2 Å². The Morgan fingerprint density at radius 3 is 2.41 bits per heavy atom. The van der Waals surface area contributed by atoms with Gasteiger partial charge in [-0.3, -0.25) is 5.32 Å². The quantitative estimate of drug-likeness (QED) is 0.315. The van der Waals surface area contributed by atoms with Gasteiger partial charge in [0.25, 0.3) is 0 Å². The largest absolute Gasteiger partial charge is 0.497 e. The molecule has 0 saturated heterocycles. The van der Waals surface area contributed by atoms with Crippen molar-refractivity contribution in [1.82, 2.24) is 5.32 Å². The summed E-state index contributed by atoms with van der Waals surface area (Å²) < 4.78 is 29.0. The molecule has 0 radical (unpaired) electrons. The lowest BCUT2D eigenvalue weighted by molar-refractivity contribution is 0.174. The molecule has 2 aliphatic rings. The van der Waals surface area contributed by atoms with Gasteiger partial charge in [-0.05, 0) is 65.6 Å². The lowest BCUT2D eigenvalue weighted by Gasteiger charge is -2.20. The van der Waals surface area contributed by atoms with Crippen LogP contribution >= 0.6 is 0 Å². The number of hydrogen-bond acceptors (Lipinski definition) is 6. The van der Waals surface area contributed by atoms with Crippen molar-refractivity contribution in [1.29, 1.82) is 0 Å². The normalized spacial score (nSPS) is 17.4. The van der Waals surface area contributed by atoms with Crippen LogP contribution in [0.1, 0.15) is 46.8 Å². The molecule has 37 heavy (non-hydrogen) atoms. The minimum Gasteiger partial charge on any atom is -0.497 e. The smallest absolute Gasteiger partial charge is 0.231 e. The van der Waals surface area contributed by atoms with Gasteiger partial charge in [0.1, 0.15) is 23.9 Å². The fourth-order valence-electron chi connectivity index (χ4n) is 5.03. The number of hydrogen-bond donors (Lipinski definition) is 1. The number of fused-ring (bicyclic) bond motifs is 2. The third-order valence-corrected chi connectivity index (χ3v) is 6.82. The van der Waals surface area contributed by atoms with Crippen molar-refractivity contribution in [3.8, 4) is 28.7 Å². The van der Waals surface area contributed by atoms with E-state index in [-0.39, 0.29) is 18.9 Å². The first-order chi connectivity index (χ1) is 18.2. The van der Waals surface area contributed by atoms with Gasteiger partial charge in [-0.15, -0.1) is 0 Å². The number of rotatable bonds is 8. The molecule has 0 spiro atoms. The summed E-state index contributed by atoms with van der Waals surface area (Å²) in [5.74, 6) is 3.92. The second-order valence-corrected chi connectivity index (χ2v) is 9.05. The standard InChI is InChI=1S/C31H29NO5/c1-3-34-23-11-12-24-26(16-23)31(32-30(24)21-9-14-27-29(15-21)37-19-36-27)25-13-10-22(33-2)17-28(25)35-18-20-7-5-4-6-8-20/h4-17,30-32H,3,18-19H2,1-2H3/t30-,31-/m1/s1.